The van der Waals surface area contributed by atoms with Crippen molar-refractivity contribution < 1.29 is 19.3 Å². The van der Waals surface area contributed by atoms with Crippen LogP contribution in [0, 0.1) is 0 Å². The Balaban J connectivity index is 2.19. The molecule has 1 N–H and O–H groups in total. The first-order valence-electron chi connectivity index (χ1n) is 6.13. The molecule has 1 saturated carbocycles. The highest BCUT2D eigenvalue weighted by molar-refractivity contribution is 5.32. The highest BCUT2D eigenvalue weighted by Crippen LogP contribution is 2.32. The number of benzene rings is 1. The van der Waals surface area contributed by atoms with Crippen molar-refractivity contribution in [1.29, 1.82) is 0 Å². The van der Waals surface area contributed by atoms with Crippen molar-refractivity contribution in [3.8, 4) is 5.75 Å². The quantitative estimate of drug-likeness (QED) is 0.787. The Morgan fingerprint density at radius 2 is 1.94 bits per heavy atom. The van der Waals surface area contributed by atoms with Crippen LogP contribution in [-0.4, -0.2) is 31.7 Å². The van der Waals surface area contributed by atoms with Crippen molar-refractivity contribution in [2.24, 2.45) is 0 Å². The van der Waals surface area contributed by atoms with Gasteiger partial charge in [-0.05, 0) is 37.5 Å². The Morgan fingerprint density at radius 3 is 2.50 bits per heavy atom. The van der Waals surface area contributed by atoms with Gasteiger partial charge in [0.1, 0.15) is 11.4 Å². The van der Waals surface area contributed by atoms with Crippen LogP contribution >= 0.6 is 0 Å². The zero-order valence-electron chi connectivity index (χ0n) is 11.1. The number of hydrogen-bond donors (Lipinski definition) is 1. The van der Waals surface area contributed by atoms with Crippen LogP contribution in [0.5, 0.6) is 5.75 Å². The molecule has 0 heterocycles. The summed E-state index contributed by atoms with van der Waals surface area (Å²) < 4.78 is 16.0. The Morgan fingerprint density at radius 1 is 1.28 bits per heavy atom. The summed E-state index contributed by atoms with van der Waals surface area (Å²) in [6.45, 7) is 1.67. The van der Waals surface area contributed by atoms with Crippen LogP contribution in [0.15, 0.2) is 24.3 Å². The largest absolute Gasteiger partial charge is 0.490 e. The molecule has 18 heavy (non-hydrogen) atoms. The van der Waals surface area contributed by atoms with Gasteiger partial charge < -0.3 is 19.3 Å². The summed E-state index contributed by atoms with van der Waals surface area (Å²) in [5.41, 5.74) is -0.499. The second-order valence-corrected chi connectivity index (χ2v) is 4.80. The number of aliphatic hydroxyl groups is 1. The summed E-state index contributed by atoms with van der Waals surface area (Å²) in [6, 6.07) is 7.44. The maximum atomic E-state index is 10.5. The summed E-state index contributed by atoms with van der Waals surface area (Å²) >= 11 is 0. The first-order valence-corrected chi connectivity index (χ1v) is 6.13. The summed E-state index contributed by atoms with van der Waals surface area (Å²) in [4.78, 5) is 0. The van der Waals surface area contributed by atoms with Crippen LogP contribution in [0.4, 0.5) is 0 Å². The van der Waals surface area contributed by atoms with E-state index in [9.17, 15) is 5.11 Å². The van der Waals surface area contributed by atoms with Crippen LogP contribution in [0.25, 0.3) is 0 Å². The van der Waals surface area contributed by atoms with Gasteiger partial charge in [-0.25, -0.2) is 0 Å². The molecule has 1 aromatic carbocycles. The SMILES string of the molecule is COC(OC)C(C)(O)c1cccc(OC2CC2)c1. The van der Waals surface area contributed by atoms with Crippen LogP contribution in [0.3, 0.4) is 0 Å². The van der Waals surface area contributed by atoms with Crippen molar-refractivity contribution in [2.75, 3.05) is 14.2 Å². The number of ether oxygens (including phenoxy) is 3. The maximum Gasteiger partial charge on any atom is 0.189 e. The van der Waals surface area contributed by atoms with Gasteiger partial charge in [-0.3, -0.25) is 0 Å². The lowest BCUT2D eigenvalue weighted by Crippen LogP contribution is -2.39. The maximum absolute atomic E-state index is 10.5. The molecule has 0 aromatic heterocycles. The van der Waals surface area contributed by atoms with E-state index in [0.717, 1.165) is 18.6 Å². The zero-order valence-corrected chi connectivity index (χ0v) is 11.1. The molecule has 1 aromatic rings. The fourth-order valence-corrected chi connectivity index (χ4v) is 1.95. The molecule has 1 fully saturated rings. The Bertz CT molecular complexity index is 395. The number of hydrogen-bond acceptors (Lipinski definition) is 4. The predicted octanol–water partition coefficient (Wildman–Crippen LogP) is 2.05. The molecule has 1 atom stereocenters. The summed E-state index contributed by atoms with van der Waals surface area (Å²) in [6.07, 6.45) is 1.85. The zero-order chi connectivity index (χ0) is 13.2. The van der Waals surface area contributed by atoms with Crippen LogP contribution < -0.4 is 4.74 Å². The van der Waals surface area contributed by atoms with Crippen molar-refractivity contribution in [2.45, 2.75) is 37.8 Å². The van der Waals surface area contributed by atoms with Gasteiger partial charge in [0.05, 0.1) is 6.10 Å². The molecule has 4 heteroatoms. The third-order valence-electron chi connectivity index (χ3n) is 3.13. The lowest BCUT2D eigenvalue weighted by Gasteiger charge is -2.31. The van der Waals surface area contributed by atoms with Gasteiger partial charge in [0.15, 0.2) is 6.29 Å². The minimum Gasteiger partial charge on any atom is -0.490 e. The molecule has 1 unspecified atom stereocenters. The van der Waals surface area contributed by atoms with E-state index in [0.29, 0.717) is 11.7 Å². The van der Waals surface area contributed by atoms with Crippen molar-refractivity contribution >= 4 is 0 Å². The third kappa shape index (κ3) is 2.83. The second kappa shape index (κ2) is 5.26. The second-order valence-electron chi connectivity index (χ2n) is 4.80. The number of rotatable bonds is 6. The van der Waals surface area contributed by atoms with E-state index in [4.69, 9.17) is 14.2 Å². The highest BCUT2D eigenvalue weighted by Gasteiger charge is 2.35. The Labute approximate surface area is 107 Å². The van der Waals surface area contributed by atoms with E-state index in [1.807, 2.05) is 24.3 Å². The lowest BCUT2D eigenvalue weighted by molar-refractivity contribution is -0.213. The third-order valence-corrected chi connectivity index (χ3v) is 3.13. The molecule has 2 rings (SSSR count). The lowest BCUT2D eigenvalue weighted by atomic mass is 9.95. The topological polar surface area (TPSA) is 47.9 Å². The van der Waals surface area contributed by atoms with E-state index < -0.39 is 11.9 Å². The van der Waals surface area contributed by atoms with E-state index >= 15 is 0 Å². The molecule has 100 valence electrons. The summed E-state index contributed by atoms with van der Waals surface area (Å²) in [5, 5.41) is 10.5. The van der Waals surface area contributed by atoms with Crippen LogP contribution in [0.2, 0.25) is 0 Å². The fraction of sp³-hybridized carbons (Fsp3) is 0.571. The van der Waals surface area contributed by atoms with Crippen molar-refractivity contribution in [1.82, 2.24) is 0 Å². The molecule has 1 aliphatic carbocycles. The Kier molecular flexibility index (Phi) is 3.90. The van der Waals surface area contributed by atoms with Gasteiger partial charge in [0, 0.05) is 14.2 Å². The minimum absolute atomic E-state index is 0.339. The van der Waals surface area contributed by atoms with Gasteiger partial charge in [0.25, 0.3) is 0 Å². The fourth-order valence-electron chi connectivity index (χ4n) is 1.95. The predicted molar refractivity (Wildman–Crippen MR) is 67.5 cm³/mol. The van der Waals surface area contributed by atoms with E-state index in [2.05, 4.69) is 0 Å². The smallest absolute Gasteiger partial charge is 0.189 e. The summed E-state index contributed by atoms with van der Waals surface area (Å²) in [7, 11) is 3.01. The minimum atomic E-state index is -1.22. The van der Waals surface area contributed by atoms with Gasteiger partial charge in [-0.2, -0.15) is 0 Å². The van der Waals surface area contributed by atoms with E-state index in [-0.39, 0.29) is 0 Å². The van der Waals surface area contributed by atoms with E-state index in [1.54, 1.807) is 6.92 Å². The summed E-state index contributed by atoms with van der Waals surface area (Å²) in [5.74, 6) is 0.779. The van der Waals surface area contributed by atoms with Gasteiger partial charge in [-0.15, -0.1) is 0 Å². The standard InChI is InChI=1S/C14H20O4/c1-14(15,13(16-2)17-3)10-5-4-6-12(9-10)18-11-7-8-11/h4-6,9,11,13,15H,7-8H2,1-3H3. The molecule has 0 spiro atoms. The van der Waals surface area contributed by atoms with Crippen molar-refractivity contribution in [3.63, 3.8) is 0 Å². The molecule has 0 saturated heterocycles. The van der Waals surface area contributed by atoms with Gasteiger partial charge >= 0.3 is 0 Å². The molecule has 0 amide bonds. The molecule has 0 bridgehead atoms. The average molecular weight is 252 g/mol. The first-order chi connectivity index (χ1) is 8.57. The van der Waals surface area contributed by atoms with E-state index in [1.165, 1.54) is 14.2 Å². The molecule has 4 nitrogen and oxygen atoms in total. The molecule has 0 radical (unpaired) electrons. The van der Waals surface area contributed by atoms with Crippen LogP contribution in [0.1, 0.15) is 25.3 Å². The van der Waals surface area contributed by atoms with Gasteiger partial charge in [-0.1, -0.05) is 12.1 Å². The average Bonchev–Trinajstić information content (AvgIpc) is 3.14. The molecule has 1 aliphatic rings. The number of methoxy groups -OCH3 is 2. The molecule has 0 aliphatic heterocycles. The van der Waals surface area contributed by atoms with Crippen LogP contribution in [-0.2, 0) is 15.1 Å². The first kappa shape index (κ1) is 13.3. The highest BCUT2D eigenvalue weighted by atomic mass is 16.7. The van der Waals surface area contributed by atoms with Gasteiger partial charge in [0.2, 0.25) is 0 Å². The molecular weight excluding hydrogens is 232 g/mol. The Hall–Kier alpha value is -1.10. The normalized spacial score (nSPS) is 18.7. The molecular formula is C14H20O4. The van der Waals surface area contributed by atoms with Crippen molar-refractivity contribution in [3.05, 3.63) is 29.8 Å². The monoisotopic (exact) mass is 252 g/mol.